The molecule has 1 aliphatic heterocycles. The molecule has 1 unspecified atom stereocenters. The summed E-state index contributed by atoms with van der Waals surface area (Å²) in [6.07, 6.45) is 1.06. The smallest absolute Gasteiger partial charge is 0.193 e. The van der Waals surface area contributed by atoms with Crippen molar-refractivity contribution < 1.29 is 13.2 Å². The summed E-state index contributed by atoms with van der Waals surface area (Å²) in [6.45, 7) is 5.45. The number of guanidine groups is 1. The highest BCUT2D eigenvalue weighted by molar-refractivity contribution is 14.0. The molecule has 1 aromatic rings. The quantitative estimate of drug-likeness (QED) is 0.367. The van der Waals surface area contributed by atoms with Gasteiger partial charge in [0, 0.05) is 32.7 Å². The monoisotopic (exact) mass is 481 g/mol. The number of ether oxygens (including phenoxy) is 1. The van der Waals surface area contributed by atoms with Gasteiger partial charge in [-0.3, -0.25) is 4.99 Å². The zero-order valence-corrected chi connectivity index (χ0v) is 18.0. The van der Waals surface area contributed by atoms with Gasteiger partial charge < -0.3 is 15.0 Å². The van der Waals surface area contributed by atoms with Gasteiger partial charge in [0.2, 0.25) is 0 Å². The van der Waals surface area contributed by atoms with Crippen molar-refractivity contribution in [3.63, 3.8) is 0 Å². The van der Waals surface area contributed by atoms with E-state index in [1.54, 1.807) is 24.3 Å². The van der Waals surface area contributed by atoms with Crippen molar-refractivity contribution in [3.05, 3.63) is 30.3 Å². The highest BCUT2D eigenvalue weighted by Crippen LogP contribution is 2.13. The summed E-state index contributed by atoms with van der Waals surface area (Å²) >= 11 is 0. The number of halogens is 1. The second-order valence-electron chi connectivity index (χ2n) is 5.98. The van der Waals surface area contributed by atoms with Crippen LogP contribution in [-0.2, 0) is 14.6 Å². The Morgan fingerprint density at radius 3 is 2.68 bits per heavy atom. The fourth-order valence-electron chi connectivity index (χ4n) is 2.69. The van der Waals surface area contributed by atoms with Gasteiger partial charge in [0.05, 0.1) is 23.8 Å². The minimum Gasteiger partial charge on any atom is -0.381 e. The third-order valence-electron chi connectivity index (χ3n) is 3.98. The lowest BCUT2D eigenvalue weighted by molar-refractivity contribution is 0.181. The van der Waals surface area contributed by atoms with Gasteiger partial charge in [0.1, 0.15) is 0 Å². The van der Waals surface area contributed by atoms with E-state index < -0.39 is 9.84 Å². The lowest BCUT2D eigenvalue weighted by Gasteiger charge is -2.24. The van der Waals surface area contributed by atoms with Crippen LogP contribution in [0, 0.1) is 5.92 Å². The van der Waals surface area contributed by atoms with Crippen molar-refractivity contribution in [1.82, 2.24) is 10.2 Å². The fourth-order valence-corrected chi connectivity index (χ4v) is 3.83. The zero-order chi connectivity index (χ0) is 17.4. The van der Waals surface area contributed by atoms with Crippen LogP contribution in [-0.4, -0.2) is 64.9 Å². The number of rotatable bonds is 7. The van der Waals surface area contributed by atoms with Crippen LogP contribution in [0.5, 0.6) is 0 Å². The van der Waals surface area contributed by atoms with Crippen LogP contribution in [0.1, 0.15) is 13.3 Å². The number of nitrogens with one attached hydrogen (secondary N) is 1. The van der Waals surface area contributed by atoms with E-state index in [1.165, 1.54) is 0 Å². The molecule has 1 fully saturated rings. The number of nitrogens with zero attached hydrogens (tertiary/aromatic N) is 2. The number of hydrogen-bond donors (Lipinski definition) is 1. The van der Waals surface area contributed by atoms with Gasteiger partial charge in [-0.25, -0.2) is 8.42 Å². The van der Waals surface area contributed by atoms with Gasteiger partial charge in [-0.15, -0.1) is 24.0 Å². The molecule has 142 valence electrons. The molecule has 1 N–H and O–H groups in total. The van der Waals surface area contributed by atoms with Crippen molar-refractivity contribution in [2.75, 3.05) is 45.6 Å². The van der Waals surface area contributed by atoms with Crippen molar-refractivity contribution in [2.24, 2.45) is 10.9 Å². The predicted molar refractivity (Wildman–Crippen MR) is 111 cm³/mol. The lowest BCUT2D eigenvalue weighted by Crippen LogP contribution is -2.41. The molecule has 1 heterocycles. The molecule has 0 radical (unpaired) electrons. The summed E-state index contributed by atoms with van der Waals surface area (Å²) in [7, 11) is -1.31. The highest BCUT2D eigenvalue weighted by Gasteiger charge is 2.19. The average Bonchev–Trinajstić information content (AvgIpc) is 3.07. The molecule has 8 heteroatoms. The normalized spacial score (nSPS) is 17.8. The maximum atomic E-state index is 12.3. The topological polar surface area (TPSA) is 71.0 Å². The molecule has 2 rings (SSSR count). The summed E-state index contributed by atoms with van der Waals surface area (Å²) in [6, 6.07) is 8.52. The van der Waals surface area contributed by atoms with Gasteiger partial charge in [-0.1, -0.05) is 18.2 Å². The maximum Gasteiger partial charge on any atom is 0.193 e. The lowest BCUT2D eigenvalue weighted by atomic mass is 10.1. The van der Waals surface area contributed by atoms with Crippen molar-refractivity contribution in [3.8, 4) is 0 Å². The molecular weight excluding hydrogens is 453 g/mol. The molecule has 1 aliphatic rings. The van der Waals surface area contributed by atoms with E-state index >= 15 is 0 Å². The van der Waals surface area contributed by atoms with E-state index in [1.807, 2.05) is 20.0 Å². The molecule has 0 saturated carbocycles. The number of sulfone groups is 1. The zero-order valence-electron chi connectivity index (χ0n) is 14.8. The summed E-state index contributed by atoms with van der Waals surface area (Å²) in [5, 5.41) is 3.22. The van der Waals surface area contributed by atoms with Crippen LogP contribution >= 0.6 is 24.0 Å². The Morgan fingerprint density at radius 2 is 2.08 bits per heavy atom. The standard InChI is InChI=1S/C17H27N3O3S.HI/c1-3-18-17(20(2)13-15-9-11-23-14-15)19-10-12-24(21,22)16-7-5-4-6-8-16;/h4-8,15H,3,9-14H2,1-2H3,(H,18,19);1H. The second kappa shape index (κ2) is 11.0. The van der Waals surface area contributed by atoms with Gasteiger partial charge in [-0.05, 0) is 25.5 Å². The molecular formula is C17H28IN3O3S. The number of aliphatic imine (C=N–C) groups is 1. The summed E-state index contributed by atoms with van der Waals surface area (Å²) in [5.74, 6) is 1.26. The minimum atomic E-state index is -3.29. The minimum absolute atomic E-state index is 0. The Balaban J connectivity index is 0.00000312. The predicted octanol–water partition coefficient (Wildman–Crippen LogP) is 2.01. The molecule has 0 aromatic heterocycles. The molecule has 1 aromatic carbocycles. The SMILES string of the molecule is CCNC(=NCCS(=O)(=O)c1ccccc1)N(C)CC1CCOC1.I. The van der Waals surface area contributed by atoms with Crippen LogP contribution in [0.2, 0.25) is 0 Å². The van der Waals surface area contributed by atoms with Crippen LogP contribution in [0.3, 0.4) is 0 Å². The molecule has 0 spiro atoms. The van der Waals surface area contributed by atoms with Crippen molar-refractivity contribution >= 4 is 39.8 Å². The summed E-state index contributed by atoms with van der Waals surface area (Å²) in [5.41, 5.74) is 0. The molecule has 1 atom stereocenters. The first-order valence-corrected chi connectivity index (χ1v) is 10.0. The Morgan fingerprint density at radius 1 is 1.36 bits per heavy atom. The van der Waals surface area contributed by atoms with Gasteiger partial charge in [0.25, 0.3) is 0 Å². The second-order valence-corrected chi connectivity index (χ2v) is 8.09. The summed E-state index contributed by atoms with van der Waals surface area (Å²) < 4.78 is 30.0. The first-order valence-electron chi connectivity index (χ1n) is 8.38. The molecule has 1 saturated heterocycles. The Hall–Kier alpha value is -0.870. The largest absolute Gasteiger partial charge is 0.381 e. The first kappa shape index (κ1) is 22.2. The van der Waals surface area contributed by atoms with Crippen LogP contribution < -0.4 is 5.32 Å². The van der Waals surface area contributed by atoms with E-state index in [9.17, 15) is 8.42 Å². The Labute approximate surface area is 168 Å². The van der Waals surface area contributed by atoms with Crippen LogP contribution in [0.4, 0.5) is 0 Å². The number of benzene rings is 1. The molecule has 0 amide bonds. The van der Waals surface area contributed by atoms with E-state index in [-0.39, 0.29) is 36.3 Å². The highest BCUT2D eigenvalue weighted by atomic mass is 127. The van der Waals surface area contributed by atoms with Crippen molar-refractivity contribution in [2.45, 2.75) is 18.2 Å². The first-order chi connectivity index (χ1) is 11.5. The number of hydrogen-bond acceptors (Lipinski definition) is 4. The Kier molecular flexibility index (Phi) is 9.73. The van der Waals surface area contributed by atoms with Crippen LogP contribution in [0.15, 0.2) is 40.2 Å². The van der Waals surface area contributed by atoms with E-state index in [2.05, 4.69) is 15.2 Å². The van der Waals surface area contributed by atoms with Crippen molar-refractivity contribution in [1.29, 1.82) is 0 Å². The third-order valence-corrected chi connectivity index (χ3v) is 5.69. The Bertz CT molecular complexity index is 632. The van der Waals surface area contributed by atoms with E-state index in [0.717, 1.165) is 38.7 Å². The van der Waals surface area contributed by atoms with Gasteiger partial charge >= 0.3 is 0 Å². The molecule has 0 bridgehead atoms. The summed E-state index contributed by atoms with van der Waals surface area (Å²) in [4.78, 5) is 6.88. The maximum absolute atomic E-state index is 12.3. The fraction of sp³-hybridized carbons (Fsp3) is 0.588. The molecule has 0 aliphatic carbocycles. The van der Waals surface area contributed by atoms with E-state index in [4.69, 9.17) is 4.74 Å². The van der Waals surface area contributed by atoms with Gasteiger partial charge in [0.15, 0.2) is 15.8 Å². The van der Waals surface area contributed by atoms with E-state index in [0.29, 0.717) is 10.8 Å². The molecule has 6 nitrogen and oxygen atoms in total. The molecule has 25 heavy (non-hydrogen) atoms. The average molecular weight is 481 g/mol. The third kappa shape index (κ3) is 7.10. The van der Waals surface area contributed by atoms with Crippen LogP contribution in [0.25, 0.3) is 0 Å². The van der Waals surface area contributed by atoms with Gasteiger partial charge in [-0.2, -0.15) is 0 Å².